The van der Waals surface area contributed by atoms with Gasteiger partial charge in [0.25, 0.3) is 0 Å². The summed E-state index contributed by atoms with van der Waals surface area (Å²) >= 11 is 5.59. The maximum absolute atomic E-state index is 12.7. The van der Waals surface area contributed by atoms with Crippen molar-refractivity contribution >= 4 is 17.5 Å². The molecule has 1 aromatic rings. The minimum Gasteiger partial charge on any atom is -0.458 e. The number of piperidine rings is 1. The second-order valence-corrected chi connectivity index (χ2v) is 5.08. The zero-order valence-corrected chi connectivity index (χ0v) is 11.9. The molecular weight excluding hydrogens is 285 g/mol. The molecule has 1 fully saturated rings. The molecule has 0 saturated carbocycles. The summed E-state index contributed by atoms with van der Waals surface area (Å²) in [5.74, 6) is 0.0842. The molecule has 2 heterocycles. The summed E-state index contributed by atoms with van der Waals surface area (Å²) in [6.07, 6.45) is 4.84. The van der Waals surface area contributed by atoms with Gasteiger partial charge in [-0.2, -0.15) is 0 Å². The lowest BCUT2D eigenvalue weighted by Crippen LogP contribution is -2.44. The van der Waals surface area contributed by atoms with Crippen LogP contribution in [0.1, 0.15) is 25.7 Å². The Bertz CT molecular complexity index is 444. The van der Waals surface area contributed by atoms with Crippen molar-refractivity contribution in [2.24, 2.45) is 0 Å². The normalized spacial score (nSPS) is 18.9. The van der Waals surface area contributed by atoms with Crippen LogP contribution in [-0.2, 0) is 4.79 Å². The van der Waals surface area contributed by atoms with Gasteiger partial charge < -0.3 is 9.64 Å². The van der Waals surface area contributed by atoms with Crippen molar-refractivity contribution in [2.75, 3.05) is 19.0 Å². The van der Waals surface area contributed by atoms with Crippen LogP contribution in [0, 0.1) is 5.82 Å². The summed E-state index contributed by atoms with van der Waals surface area (Å²) in [5.41, 5.74) is 0. The highest BCUT2D eigenvalue weighted by atomic mass is 35.5. The summed E-state index contributed by atoms with van der Waals surface area (Å²) in [5, 5.41) is 0. The van der Waals surface area contributed by atoms with E-state index in [0.29, 0.717) is 25.3 Å². The Morgan fingerprint density at radius 3 is 2.95 bits per heavy atom. The maximum atomic E-state index is 12.7. The molecule has 110 valence electrons. The topological polar surface area (TPSA) is 55.3 Å². The Morgan fingerprint density at radius 1 is 1.50 bits per heavy atom. The van der Waals surface area contributed by atoms with Crippen molar-refractivity contribution in [1.82, 2.24) is 14.9 Å². The number of ether oxygens (including phenoxy) is 1. The fourth-order valence-corrected chi connectivity index (χ4v) is 2.28. The predicted molar refractivity (Wildman–Crippen MR) is 72.2 cm³/mol. The lowest BCUT2D eigenvalue weighted by atomic mass is 10.1. The van der Waals surface area contributed by atoms with E-state index in [2.05, 4.69) is 9.97 Å². The molecule has 20 heavy (non-hydrogen) atoms. The van der Waals surface area contributed by atoms with Crippen LogP contribution in [0.2, 0.25) is 0 Å². The fraction of sp³-hybridized carbons (Fsp3) is 0.615. The van der Waals surface area contributed by atoms with Crippen LogP contribution in [0.3, 0.4) is 0 Å². The fourth-order valence-electron chi connectivity index (χ4n) is 2.15. The molecule has 0 radical (unpaired) electrons. The van der Waals surface area contributed by atoms with Crippen molar-refractivity contribution in [2.45, 2.75) is 31.8 Å². The Balaban J connectivity index is 1.86. The third-order valence-corrected chi connectivity index (χ3v) is 3.39. The van der Waals surface area contributed by atoms with E-state index >= 15 is 0 Å². The summed E-state index contributed by atoms with van der Waals surface area (Å²) in [6.45, 7) is 1.26. The van der Waals surface area contributed by atoms with E-state index in [9.17, 15) is 9.18 Å². The average Bonchev–Trinajstić information content (AvgIpc) is 2.47. The Labute approximate surface area is 122 Å². The Hall–Kier alpha value is -1.43. The summed E-state index contributed by atoms with van der Waals surface area (Å²) in [4.78, 5) is 21.2. The Morgan fingerprint density at radius 2 is 2.25 bits per heavy atom. The molecule has 0 aliphatic carbocycles. The van der Waals surface area contributed by atoms with E-state index in [1.54, 1.807) is 4.90 Å². The molecule has 2 rings (SSSR count). The molecular formula is C13H17ClFN3O2. The zero-order valence-electron chi connectivity index (χ0n) is 11.1. The molecule has 0 bridgehead atoms. The van der Waals surface area contributed by atoms with Crippen LogP contribution in [0.5, 0.6) is 6.01 Å². The minimum atomic E-state index is -0.501. The highest BCUT2D eigenvalue weighted by Gasteiger charge is 2.25. The van der Waals surface area contributed by atoms with Crippen molar-refractivity contribution in [3.05, 3.63) is 18.2 Å². The van der Waals surface area contributed by atoms with Crippen molar-refractivity contribution in [3.63, 3.8) is 0 Å². The molecule has 1 amide bonds. The van der Waals surface area contributed by atoms with Crippen LogP contribution < -0.4 is 4.74 Å². The van der Waals surface area contributed by atoms with E-state index < -0.39 is 5.82 Å². The highest BCUT2D eigenvalue weighted by molar-refractivity contribution is 6.17. The van der Waals surface area contributed by atoms with Crippen molar-refractivity contribution < 1.29 is 13.9 Å². The second kappa shape index (κ2) is 7.38. The van der Waals surface area contributed by atoms with Gasteiger partial charge in [-0.15, -0.1) is 11.6 Å². The van der Waals surface area contributed by atoms with Gasteiger partial charge in [-0.05, 0) is 19.3 Å². The van der Waals surface area contributed by atoms with E-state index in [0.717, 1.165) is 31.8 Å². The van der Waals surface area contributed by atoms with Gasteiger partial charge in [-0.3, -0.25) is 4.79 Å². The number of carbonyl (C=O) groups is 1. The third kappa shape index (κ3) is 4.30. The van der Waals surface area contributed by atoms with Gasteiger partial charge in [-0.25, -0.2) is 14.4 Å². The third-order valence-electron chi connectivity index (χ3n) is 3.12. The van der Waals surface area contributed by atoms with Gasteiger partial charge >= 0.3 is 6.01 Å². The molecule has 1 unspecified atom stereocenters. The van der Waals surface area contributed by atoms with Crippen LogP contribution in [-0.4, -0.2) is 45.8 Å². The first-order chi connectivity index (χ1) is 9.69. The van der Waals surface area contributed by atoms with Gasteiger partial charge in [0.1, 0.15) is 6.10 Å². The lowest BCUT2D eigenvalue weighted by molar-refractivity contribution is -0.133. The smallest absolute Gasteiger partial charge is 0.316 e. The molecule has 1 saturated heterocycles. The number of alkyl halides is 1. The zero-order chi connectivity index (χ0) is 14.4. The number of likely N-dealkylation sites (tertiary alicyclic amines) is 1. The summed E-state index contributed by atoms with van der Waals surface area (Å²) < 4.78 is 18.3. The first-order valence-electron chi connectivity index (χ1n) is 6.67. The summed E-state index contributed by atoms with van der Waals surface area (Å²) in [6, 6.07) is 0.145. The van der Waals surface area contributed by atoms with Crippen molar-refractivity contribution in [3.8, 4) is 6.01 Å². The van der Waals surface area contributed by atoms with E-state index in [1.807, 2.05) is 0 Å². The quantitative estimate of drug-likeness (QED) is 0.781. The van der Waals surface area contributed by atoms with Crippen LogP contribution in [0.25, 0.3) is 0 Å². The van der Waals surface area contributed by atoms with Gasteiger partial charge in [0.15, 0.2) is 5.82 Å². The minimum absolute atomic E-state index is 0.0963. The van der Waals surface area contributed by atoms with Gasteiger partial charge in [0.05, 0.1) is 18.9 Å². The van der Waals surface area contributed by atoms with Gasteiger partial charge in [-0.1, -0.05) is 0 Å². The standard InChI is InChI=1S/C13H17ClFN3O2/c14-5-1-4-12(19)18-6-2-3-11(9-18)20-13-16-7-10(15)8-17-13/h7-8,11H,1-6,9H2. The van der Waals surface area contributed by atoms with Crippen molar-refractivity contribution in [1.29, 1.82) is 0 Å². The second-order valence-electron chi connectivity index (χ2n) is 4.70. The number of hydrogen-bond donors (Lipinski definition) is 0. The number of nitrogens with zero attached hydrogens (tertiary/aromatic N) is 3. The molecule has 0 N–H and O–H groups in total. The number of carbonyl (C=O) groups excluding carboxylic acids is 1. The molecule has 0 spiro atoms. The van der Waals surface area contributed by atoms with Crippen LogP contribution >= 0.6 is 11.6 Å². The predicted octanol–water partition coefficient (Wildman–Crippen LogP) is 2.00. The number of aromatic nitrogens is 2. The van der Waals surface area contributed by atoms with Crippen LogP contribution in [0.4, 0.5) is 4.39 Å². The monoisotopic (exact) mass is 301 g/mol. The maximum Gasteiger partial charge on any atom is 0.316 e. The number of hydrogen-bond acceptors (Lipinski definition) is 4. The molecule has 7 heteroatoms. The molecule has 0 aromatic carbocycles. The first kappa shape index (κ1) is 15.0. The number of amides is 1. The molecule has 5 nitrogen and oxygen atoms in total. The average molecular weight is 302 g/mol. The lowest BCUT2D eigenvalue weighted by Gasteiger charge is -2.32. The summed E-state index contributed by atoms with van der Waals surface area (Å²) in [7, 11) is 0. The molecule has 1 aliphatic heterocycles. The number of halogens is 2. The number of rotatable bonds is 5. The van der Waals surface area contributed by atoms with Gasteiger partial charge in [0, 0.05) is 18.8 Å². The first-order valence-corrected chi connectivity index (χ1v) is 7.20. The van der Waals surface area contributed by atoms with E-state index in [1.165, 1.54) is 0 Å². The van der Waals surface area contributed by atoms with E-state index in [4.69, 9.17) is 16.3 Å². The molecule has 1 aliphatic rings. The van der Waals surface area contributed by atoms with Crippen LogP contribution in [0.15, 0.2) is 12.4 Å². The van der Waals surface area contributed by atoms with E-state index in [-0.39, 0.29) is 18.0 Å². The molecule has 1 atom stereocenters. The Kier molecular flexibility index (Phi) is 5.52. The molecule has 1 aromatic heterocycles. The highest BCUT2D eigenvalue weighted by Crippen LogP contribution is 2.16. The van der Waals surface area contributed by atoms with Gasteiger partial charge in [0.2, 0.25) is 5.91 Å². The largest absolute Gasteiger partial charge is 0.458 e. The SMILES string of the molecule is O=C(CCCCl)N1CCCC(Oc2ncc(F)cn2)C1.